The molecule has 8 heteroatoms. The molecule has 1 aromatic rings. The summed E-state index contributed by atoms with van der Waals surface area (Å²) >= 11 is 0. The number of alkyl halides is 4. The lowest BCUT2D eigenvalue weighted by Gasteiger charge is -2.31. The van der Waals surface area contributed by atoms with Crippen LogP contribution in [-0.2, 0) is 11.2 Å². The number of carbonyl (C=O) groups is 1. The van der Waals surface area contributed by atoms with Crippen LogP contribution in [0.25, 0.3) is 0 Å². The number of hydrogen-bond donors (Lipinski definition) is 0. The average molecular weight is 365 g/mol. The van der Waals surface area contributed by atoms with E-state index in [-0.39, 0.29) is 43.8 Å². The van der Waals surface area contributed by atoms with Crippen molar-refractivity contribution < 1.29 is 31.1 Å². The molecule has 2 fully saturated rings. The van der Waals surface area contributed by atoms with Crippen molar-refractivity contribution in [3.05, 3.63) is 35.4 Å². The largest absolute Gasteiger partial charge is 0.343 e. The van der Waals surface area contributed by atoms with Gasteiger partial charge >= 0.3 is 11.8 Å². The van der Waals surface area contributed by atoms with Gasteiger partial charge in [0, 0.05) is 19.5 Å². The van der Waals surface area contributed by atoms with Crippen LogP contribution in [0.3, 0.4) is 0 Å². The summed E-state index contributed by atoms with van der Waals surface area (Å²) in [6.07, 6.45) is -0.430. The lowest BCUT2D eigenvalue weighted by atomic mass is 9.92. The van der Waals surface area contributed by atoms with Crippen LogP contribution in [0.2, 0.25) is 0 Å². The first-order valence-electron chi connectivity index (χ1n) is 8.10. The third-order valence-corrected chi connectivity index (χ3v) is 5.35. The fourth-order valence-electron chi connectivity index (χ4n) is 3.61. The van der Waals surface area contributed by atoms with Gasteiger partial charge in [-0.3, -0.25) is 4.79 Å². The van der Waals surface area contributed by atoms with Crippen molar-refractivity contribution in [3.8, 4) is 0 Å². The third-order valence-electron chi connectivity index (χ3n) is 5.35. The van der Waals surface area contributed by atoms with E-state index in [0.717, 1.165) is 18.2 Å². The molecule has 138 valence electrons. The fraction of sp³-hybridized carbons (Fsp3) is 0.588. The van der Waals surface area contributed by atoms with Crippen LogP contribution >= 0.6 is 0 Å². The second-order valence-corrected chi connectivity index (χ2v) is 6.70. The number of carbonyl (C=O) groups excluding carboxylic acids is 1. The lowest BCUT2D eigenvalue weighted by molar-refractivity contribution is -0.133. The number of likely N-dealkylation sites (tertiary alicyclic amines) is 1. The minimum absolute atomic E-state index is 0.0236. The minimum Gasteiger partial charge on any atom is -0.343 e. The van der Waals surface area contributed by atoms with E-state index in [1.807, 2.05) is 0 Å². The summed E-state index contributed by atoms with van der Waals surface area (Å²) in [4.78, 5) is 13.4. The number of benzene rings is 1. The van der Waals surface area contributed by atoms with E-state index >= 15 is 0 Å². The van der Waals surface area contributed by atoms with E-state index in [1.165, 1.54) is 4.90 Å². The number of rotatable bonds is 4. The molecule has 0 radical (unpaired) electrons. The Bertz CT molecular complexity index is 666. The van der Waals surface area contributed by atoms with Crippen molar-refractivity contribution in [2.45, 2.75) is 43.9 Å². The van der Waals surface area contributed by atoms with Crippen molar-refractivity contribution in [2.75, 3.05) is 13.1 Å². The predicted octanol–water partition coefficient (Wildman–Crippen LogP) is 4.18. The molecule has 1 amide bonds. The fourth-order valence-corrected chi connectivity index (χ4v) is 3.61. The Morgan fingerprint density at radius 1 is 1.04 bits per heavy atom. The molecule has 0 N–H and O–H groups in total. The topological polar surface area (TPSA) is 20.3 Å². The van der Waals surface area contributed by atoms with E-state index in [4.69, 9.17) is 0 Å². The molecule has 2 nitrogen and oxygen atoms in total. The smallest absolute Gasteiger partial charge is 0.322 e. The highest BCUT2D eigenvalue weighted by atomic mass is 19.3. The van der Waals surface area contributed by atoms with Crippen LogP contribution < -0.4 is 0 Å². The zero-order valence-corrected chi connectivity index (χ0v) is 13.3. The first-order valence-corrected chi connectivity index (χ1v) is 8.10. The zero-order valence-electron chi connectivity index (χ0n) is 13.3. The molecule has 1 aliphatic carbocycles. The molecule has 1 heterocycles. The maximum absolute atomic E-state index is 13.5. The Kier molecular flexibility index (Phi) is 4.28. The van der Waals surface area contributed by atoms with Crippen LogP contribution in [-0.4, -0.2) is 35.7 Å². The quantitative estimate of drug-likeness (QED) is 0.733. The van der Waals surface area contributed by atoms with Crippen molar-refractivity contribution in [1.82, 2.24) is 4.90 Å². The van der Waals surface area contributed by atoms with Crippen molar-refractivity contribution in [2.24, 2.45) is 5.41 Å². The van der Waals surface area contributed by atoms with E-state index in [2.05, 4.69) is 0 Å². The molecule has 3 rings (SSSR count). The number of halogens is 6. The monoisotopic (exact) mass is 365 g/mol. The third kappa shape index (κ3) is 2.69. The number of hydrogen-bond acceptors (Lipinski definition) is 1. The van der Waals surface area contributed by atoms with Crippen molar-refractivity contribution in [3.63, 3.8) is 0 Å². The maximum atomic E-state index is 13.5. The Labute approximate surface area is 140 Å². The molecule has 1 aromatic carbocycles. The highest BCUT2D eigenvalue weighted by molar-refractivity contribution is 5.76. The molecule has 0 atom stereocenters. The molecule has 1 spiro atoms. The molecule has 0 unspecified atom stereocenters. The normalized spacial score (nSPS) is 22.9. The van der Waals surface area contributed by atoms with E-state index in [9.17, 15) is 31.1 Å². The van der Waals surface area contributed by atoms with Crippen LogP contribution in [0.4, 0.5) is 26.3 Å². The van der Waals surface area contributed by atoms with Gasteiger partial charge in [-0.1, -0.05) is 0 Å². The van der Waals surface area contributed by atoms with Crippen LogP contribution in [0, 0.1) is 17.0 Å². The summed E-state index contributed by atoms with van der Waals surface area (Å²) in [7, 11) is 0. The highest BCUT2D eigenvalue weighted by Gasteiger charge is 2.95. The summed E-state index contributed by atoms with van der Waals surface area (Å²) in [5.41, 5.74) is -2.15. The molecule has 0 aromatic heterocycles. The number of aryl methyl sites for hydroxylation is 1. The molecule has 1 aliphatic heterocycles. The van der Waals surface area contributed by atoms with Crippen molar-refractivity contribution >= 4 is 5.91 Å². The first kappa shape index (κ1) is 18.1. The molecule has 2 aliphatic rings. The van der Waals surface area contributed by atoms with Gasteiger partial charge < -0.3 is 4.90 Å². The van der Waals surface area contributed by atoms with E-state index in [1.54, 1.807) is 0 Å². The maximum Gasteiger partial charge on any atom is 0.322 e. The van der Waals surface area contributed by atoms with E-state index < -0.39 is 41.7 Å². The molecule has 1 saturated carbocycles. The first-order chi connectivity index (χ1) is 11.6. The molecule has 1 saturated heterocycles. The standard InChI is InChI=1S/C17H17F6NO/c18-12-4-5-13(19)11(10-12)2-1-3-14(25)24-8-6-15(7-9-24)16(20,21)17(15,22)23/h4-5,10H,1-3,6-9H2. The van der Waals surface area contributed by atoms with Crippen molar-refractivity contribution in [1.29, 1.82) is 0 Å². The van der Waals surface area contributed by atoms with Gasteiger partial charge in [-0.2, -0.15) is 17.6 Å². The van der Waals surface area contributed by atoms with Gasteiger partial charge in [0.15, 0.2) is 0 Å². The highest BCUT2D eigenvalue weighted by Crippen LogP contribution is 2.76. The lowest BCUT2D eigenvalue weighted by Crippen LogP contribution is -2.41. The number of amides is 1. The van der Waals surface area contributed by atoms with Gasteiger partial charge in [-0.25, -0.2) is 8.78 Å². The van der Waals surface area contributed by atoms with Gasteiger partial charge in [0.05, 0.1) is 0 Å². The molecular formula is C17H17F6NO. The average Bonchev–Trinajstić information content (AvgIpc) is 2.89. The Morgan fingerprint density at radius 2 is 1.64 bits per heavy atom. The van der Waals surface area contributed by atoms with Gasteiger partial charge in [0.2, 0.25) is 5.91 Å². The predicted molar refractivity (Wildman–Crippen MR) is 77.4 cm³/mol. The Morgan fingerprint density at radius 3 is 2.20 bits per heavy atom. The SMILES string of the molecule is O=C(CCCc1cc(F)ccc1F)N1CCC2(CC1)C(F)(F)C2(F)F. The molecule has 0 bridgehead atoms. The minimum atomic E-state index is -4.00. The number of piperidine rings is 1. The summed E-state index contributed by atoms with van der Waals surface area (Å²) in [6, 6.07) is 3.06. The summed E-state index contributed by atoms with van der Waals surface area (Å²) in [6.45, 7) is -0.281. The van der Waals surface area contributed by atoms with Gasteiger partial charge in [-0.05, 0) is 49.4 Å². The summed E-state index contributed by atoms with van der Waals surface area (Å²) in [5, 5.41) is 0. The van der Waals surface area contributed by atoms with Crippen LogP contribution in [0.15, 0.2) is 18.2 Å². The van der Waals surface area contributed by atoms with Gasteiger partial charge in [-0.15, -0.1) is 0 Å². The molecule has 25 heavy (non-hydrogen) atoms. The Hall–Kier alpha value is -1.73. The zero-order chi connectivity index (χ0) is 18.5. The van der Waals surface area contributed by atoms with E-state index in [0.29, 0.717) is 0 Å². The summed E-state index contributed by atoms with van der Waals surface area (Å²) in [5.74, 6) is -9.48. The Balaban J connectivity index is 1.49. The van der Waals surface area contributed by atoms with Gasteiger partial charge in [0.1, 0.15) is 17.0 Å². The number of nitrogens with zero attached hydrogens (tertiary/aromatic N) is 1. The summed E-state index contributed by atoms with van der Waals surface area (Å²) < 4.78 is 79.8. The second-order valence-electron chi connectivity index (χ2n) is 6.70. The van der Waals surface area contributed by atoms with Crippen LogP contribution in [0.1, 0.15) is 31.2 Å². The molecular weight excluding hydrogens is 348 g/mol. The van der Waals surface area contributed by atoms with Crippen LogP contribution in [0.5, 0.6) is 0 Å². The van der Waals surface area contributed by atoms with Gasteiger partial charge in [0.25, 0.3) is 0 Å². The second kappa shape index (κ2) is 5.92.